The van der Waals surface area contributed by atoms with Gasteiger partial charge in [-0.15, -0.1) is 0 Å². The summed E-state index contributed by atoms with van der Waals surface area (Å²) in [6.07, 6.45) is 0.784. The van der Waals surface area contributed by atoms with Crippen molar-refractivity contribution in [1.82, 2.24) is 9.42 Å². The molecular formula is C27H20B9N2P2-2. The van der Waals surface area contributed by atoms with Crippen LogP contribution in [0.5, 0.6) is 0 Å². The van der Waals surface area contributed by atoms with Crippen LogP contribution in [0, 0.1) is 0 Å². The van der Waals surface area contributed by atoms with Crippen molar-refractivity contribution >= 4 is 115 Å². The van der Waals surface area contributed by atoms with Crippen LogP contribution in [0.1, 0.15) is 25.0 Å². The zero-order valence-corrected chi connectivity index (χ0v) is 24.3. The van der Waals surface area contributed by atoms with Crippen LogP contribution in [0.3, 0.4) is 0 Å². The summed E-state index contributed by atoms with van der Waals surface area (Å²) in [4.78, 5) is 4.80. The standard InChI is InChI=1S/C27H20B9N2P2/c1-27(2)18-10-4-5-11-19(18)31-20-12-6-8-14-22(20)38-21-13-7-3-9-16(21)17-15-23(24(27)25(31)26(17)38)39(32-28-33(39)36(32)39)37-40-29-34(40)35(40)30-40/h3-15,37H,1-2H3/q-2. The Bertz CT molecular complexity index is 2190. The molecule has 40 heavy (non-hydrogen) atoms. The van der Waals surface area contributed by atoms with Crippen LogP contribution >= 0.6 is 12.7 Å². The molecule has 5 radical (unpaired) electrons. The summed E-state index contributed by atoms with van der Waals surface area (Å²) < 4.78 is 2.63. The maximum absolute atomic E-state index is 4.80. The molecule has 0 atom stereocenters. The zero-order valence-electron chi connectivity index (χ0n) is 22.5. The van der Waals surface area contributed by atoms with Crippen LogP contribution in [-0.4, -0.2) is 63.2 Å². The number of rotatable bonds is 3. The molecule has 10 heterocycles. The predicted octanol–water partition coefficient (Wildman–Crippen LogP) is 1.61. The summed E-state index contributed by atoms with van der Waals surface area (Å²) in [5.74, 6) is 0. The Morgan fingerprint density at radius 1 is 0.875 bits per heavy atom. The molecule has 7 fully saturated rings. The average Bonchev–Trinajstić information content (AvgIpc) is 3.91. The first kappa shape index (κ1) is 20.9. The monoisotopic (exact) mass is 533 g/mol. The SMILES string of the molecule is CC1(C)c2ccccc2B2c3ccccc3-n3c4ccccc4c4cc(P56(NP789[B]B7B8[B-]9)B7[B-]B5B76)c1c2c43. The third kappa shape index (κ3) is 1.63. The number of hydrogen-bond acceptors (Lipinski definition) is 1. The van der Waals surface area contributed by atoms with Gasteiger partial charge in [-0.2, -0.15) is 0 Å². The van der Waals surface area contributed by atoms with Crippen molar-refractivity contribution in [3.63, 3.8) is 0 Å². The Balaban J connectivity index is 1.26. The van der Waals surface area contributed by atoms with E-state index in [2.05, 4.69) is 118 Å². The fraction of sp³-hybridized carbons (Fsp3) is 0.111. The number of fused-ring (bicyclic) bond motifs is 9. The van der Waals surface area contributed by atoms with Crippen molar-refractivity contribution in [2.24, 2.45) is 0 Å². The molecule has 1 aromatic heterocycles. The average molecular weight is 532 g/mol. The molecule has 0 saturated carbocycles. The van der Waals surface area contributed by atoms with Crippen LogP contribution in [0.25, 0.3) is 27.5 Å². The van der Waals surface area contributed by atoms with Gasteiger partial charge in [0.15, 0.2) is 0 Å². The molecule has 177 valence electrons. The van der Waals surface area contributed by atoms with Gasteiger partial charge in [0.25, 0.3) is 0 Å². The third-order valence-corrected chi connectivity index (χ3v) is 27.9. The summed E-state index contributed by atoms with van der Waals surface area (Å²) in [5.41, 5.74) is 12.0. The minimum absolute atomic E-state index is 0.0329. The number of benzene rings is 4. The van der Waals surface area contributed by atoms with Gasteiger partial charge in [0.2, 0.25) is 0 Å². The molecule has 0 unspecified atom stereocenters. The topological polar surface area (TPSA) is 17.0 Å². The molecule has 1 N–H and O–H groups in total. The number of para-hydroxylation sites is 2. The molecule has 14 rings (SSSR count). The van der Waals surface area contributed by atoms with E-state index in [1.807, 2.05) is 5.30 Å². The summed E-state index contributed by atoms with van der Waals surface area (Å²) in [7, 11) is 2.75. The molecule has 4 aromatic carbocycles. The van der Waals surface area contributed by atoms with Crippen LogP contribution in [-0.2, 0) is 5.41 Å². The van der Waals surface area contributed by atoms with Crippen molar-refractivity contribution in [3.05, 3.63) is 90.0 Å². The van der Waals surface area contributed by atoms with Crippen LogP contribution in [0.2, 0.25) is 0 Å². The molecule has 2 bridgehead atoms. The van der Waals surface area contributed by atoms with Crippen molar-refractivity contribution in [2.75, 3.05) is 0 Å². The normalized spacial score (nSPS) is 27.9. The summed E-state index contributed by atoms with van der Waals surface area (Å²) in [6, 6.07) is 30.7. The van der Waals surface area contributed by atoms with Gasteiger partial charge >= 0.3 is 239 Å². The van der Waals surface area contributed by atoms with Crippen molar-refractivity contribution < 1.29 is 0 Å². The first-order valence-electron chi connectivity index (χ1n) is 15.2. The fourth-order valence-corrected chi connectivity index (χ4v) is 30.9. The Morgan fingerprint density at radius 2 is 1.60 bits per heavy atom. The first-order chi connectivity index (χ1) is 19.5. The van der Waals surface area contributed by atoms with E-state index in [1.165, 1.54) is 44.0 Å². The van der Waals surface area contributed by atoms with E-state index in [4.69, 9.17) is 4.86 Å². The predicted molar refractivity (Wildman–Crippen MR) is 187 cm³/mol. The summed E-state index contributed by atoms with van der Waals surface area (Å²) >= 11 is 0. The number of nitrogens with one attached hydrogen (secondary N) is 1. The Morgan fingerprint density at radius 3 is 2.33 bits per heavy atom. The maximum atomic E-state index is 4.80. The molecule has 1 spiro atoms. The van der Waals surface area contributed by atoms with E-state index in [9.17, 15) is 0 Å². The molecule has 2 nitrogen and oxygen atoms in total. The molecule has 7 saturated heterocycles. The molecule has 0 aliphatic carbocycles. The first-order valence-corrected chi connectivity index (χ1v) is 20.1. The molecule has 9 aliphatic heterocycles. The van der Waals surface area contributed by atoms with E-state index in [0.29, 0.717) is 6.71 Å². The zero-order chi connectivity index (χ0) is 25.8. The van der Waals surface area contributed by atoms with Gasteiger partial charge in [-0.3, -0.25) is 0 Å². The molecular weight excluding hydrogens is 512 g/mol. The van der Waals surface area contributed by atoms with E-state index in [1.54, 1.807) is 11.0 Å². The molecule has 5 aromatic rings. The summed E-state index contributed by atoms with van der Waals surface area (Å²) in [6.45, 7) is 11.0. The summed E-state index contributed by atoms with van der Waals surface area (Å²) in [5, 5.41) is 4.73. The van der Waals surface area contributed by atoms with E-state index in [-0.39, 0.29) is 5.41 Å². The molecule has 0 amide bonds. The van der Waals surface area contributed by atoms with Gasteiger partial charge in [-0.1, -0.05) is 0 Å². The van der Waals surface area contributed by atoms with Crippen molar-refractivity contribution in [3.8, 4) is 5.69 Å². The van der Waals surface area contributed by atoms with Crippen LogP contribution in [0.4, 0.5) is 0 Å². The quantitative estimate of drug-likeness (QED) is 0.271. The van der Waals surface area contributed by atoms with Crippen LogP contribution < -0.4 is 26.6 Å². The molecule has 13 heteroatoms. The second-order valence-corrected chi connectivity index (χ2v) is 25.3. The Kier molecular flexibility index (Phi) is 2.79. The van der Waals surface area contributed by atoms with E-state index in [0.717, 1.165) is 31.1 Å². The van der Waals surface area contributed by atoms with Crippen molar-refractivity contribution in [1.29, 1.82) is 0 Å². The number of aromatic nitrogens is 1. The second-order valence-electron chi connectivity index (χ2n) is 14.9. The Labute approximate surface area is 238 Å². The number of hydrogen-bond donors (Lipinski definition) is 1. The van der Waals surface area contributed by atoms with Gasteiger partial charge < -0.3 is 0 Å². The van der Waals surface area contributed by atoms with Gasteiger partial charge in [-0.25, -0.2) is 0 Å². The van der Waals surface area contributed by atoms with Gasteiger partial charge in [-0.05, 0) is 0 Å². The van der Waals surface area contributed by atoms with Crippen LogP contribution in [0.15, 0.2) is 78.9 Å². The fourth-order valence-electron chi connectivity index (χ4n) is 11.3. The number of nitrogens with zero attached hydrogens (tertiary/aromatic N) is 1. The minimum atomic E-state index is -2.15. The molecule has 9 aliphatic rings. The third-order valence-electron chi connectivity index (χ3n) is 13.5. The van der Waals surface area contributed by atoms with E-state index < -0.39 is 12.7 Å². The van der Waals surface area contributed by atoms with Gasteiger partial charge in [0, 0.05) is 0 Å². The van der Waals surface area contributed by atoms with Gasteiger partial charge in [0.05, 0.1) is 0 Å². The van der Waals surface area contributed by atoms with Gasteiger partial charge in [0.1, 0.15) is 0 Å². The Hall–Kier alpha value is -1.92. The second kappa shape index (κ2) is 5.34. The van der Waals surface area contributed by atoms with Crippen molar-refractivity contribution in [2.45, 2.75) is 19.3 Å². The van der Waals surface area contributed by atoms with E-state index >= 15 is 0 Å².